The van der Waals surface area contributed by atoms with Crippen molar-refractivity contribution in [1.82, 2.24) is 0 Å². The minimum Gasteiger partial charge on any atom is -0.0616 e. The summed E-state index contributed by atoms with van der Waals surface area (Å²) in [7, 11) is 0. The monoisotopic (exact) mass is 984 g/mol. The first-order chi connectivity index (χ1) is 38.8. The van der Waals surface area contributed by atoms with E-state index in [1.165, 1.54) is 164 Å². The quantitative estimate of drug-likeness (QED) is 0.115. The van der Waals surface area contributed by atoms with Gasteiger partial charge < -0.3 is 0 Å². The van der Waals surface area contributed by atoms with Gasteiger partial charge in [-0.1, -0.05) is 279 Å². The summed E-state index contributed by atoms with van der Waals surface area (Å²) in [6, 6.07) is 109. The highest BCUT2D eigenvalue weighted by molar-refractivity contribution is 6.32. The molecule has 0 aliphatic carbocycles. The highest BCUT2D eigenvalue weighted by Crippen LogP contribution is 2.52. The fourth-order valence-electron chi connectivity index (χ4n) is 13.6. The molecule has 0 nitrogen and oxygen atoms in total. The molecule has 0 heterocycles. The molecule has 0 aliphatic heterocycles. The van der Waals surface area contributed by atoms with Gasteiger partial charge in [-0.2, -0.15) is 0 Å². The SMILES string of the molecule is c1ccc(-c2c3ccccc3c(-c3cc4cc(-c5c6ccccc6c(-c6ccccc6-c6cccc7ccccc67)c6ccccc56)c5ccccc5c4c4ccccc34)c3ccccc23)c(-c2cccc3ccccc23)c1. The molecule has 0 atom stereocenters. The summed E-state index contributed by atoms with van der Waals surface area (Å²) in [5.74, 6) is 0. The molecule has 0 unspecified atom stereocenters. The van der Waals surface area contributed by atoms with Crippen LogP contribution in [0, 0.1) is 0 Å². The predicted molar refractivity (Wildman–Crippen MR) is 337 cm³/mol. The van der Waals surface area contributed by atoms with Crippen LogP contribution in [0.25, 0.3) is 164 Å². The Kier molecular flexibility index (Phi) is 10.0. The molecule has 16 rings (SSSR count). The summed E-state index contributed by atoms with van der Waals surface area (Å²) in [4.78, 5) is 0. The summed E-state index contributed by atoms with van der Waals surface area (Å²) in [5, 5.41) is 22.4. The highest BCUT2D eigenvalue weighted by Gasteiger charge is 2.25. The van der Waals surface area contributed by atoms with Crippen LogP contribution < -0.4 is 0 Å². The van der Waals surface area contributed by atoms with E-state index >= 15 is 0 Å². The molecule has 0 spiro atoms. The molecule has 0 saturated heterocycles. The van der Waals surface area contributed by atoms with E-state index in [2.05, 4.69) is 291 Å². The van der Waals surface area contributed by atoms with Crippen LogP contribution in [0.3, 0.4) is 0 Å². The van der Waals surface area contributed by atoms with E-state index in [1.54, 1.807) is 0 Å². The Balaban J connectivity index is 0.980. The fraction of sp³-hybridized carbons (Fsp3) is 0. The molecule has 0 amide bonds. The lowest BCUT2D eigenvalue weighted by Gasteiger charge is -2.23. The van der Waals surface area contributed by atoms with Crippen LogP contribution in [0.5, 0.6) is 0 Å². The van der Waals surface area contributed by atoms with Gasteiger partial charge in [0.25, 0.3) is 0 Å². The number of hydrogen-bond donors (Lipinski definition) is 0. The number of rotatable bonds is 6. The fourth-order valence-corrected chi connectivity index (χ4v) is 13.6. The van der Waals surface area contributed by atoms with Crippen molar-refractivity contribution >= 4 is 97.0 Å². The Hall–Kier alpha value is -10.1. The number of hydrogen-bond acceptors (Lipinski definition) is 0. The van der Waals surface area contributed by atoms with Crippen molar-refractivity contribution in [2.45, 2.75) is 0 Å². The van der Waals surface area contributed by atoms with Gasteiger partial charge in [-0.05, 0) is 176 Å². The summed E-state index contributed by atoms with van der Waals surface area (Å²) < 4.78 is 0. The van der Waals surface area contributed by atoms with Crippen molar-refractivity contribution in [3.8, 4) is 66.8 Å². The van der Waals surface area contributed by atoms with Crippen molar-refractivity contribution in [3.63, 3.8) is 0 Å². The first kappa shape index (κ1) is 44.2. The molecule has 0 saturated carbocycles. The van der Waals surface area contributed by atoms with Crippen LogP contribution in [-0.4, -0.2) is 0 Å². The second-order valence-corrected chi connectivity index (χ2v) is 20.9. The molecular weight excluding hydrogens is 937 g/mol. The van der Waals surface area contributed by atoms with E-state index < -0.39 is 0 Å². The maximum absolute atomic E-state index is 2.52. The van der Waals surface area contributed by atoms with E-state index in [4.69, 9.17) is 0 Å². The molecule has 0 aliphatic rings. The molecule has 0 bridgehead atoms. The highest BCUT2D eigenvalue weighted by atomic mass is 14.3. The zero-order valence-electron chi connectivity index (χ0n) is 42.7. The first-order valence-electron chi connectivity index (χ1n) is 27.2. The van der Waals surface area contributed by atoms with Crippen molar-refractivity contribution in [2.24, 2.45) is 0 Å². The Labute approximate surface area is 452 Å². The van der Waals surface area contributed by atoms with E-state index in [0.29, 0.717) is 0 Å². The summed E-state index contributed by atoms with van der Waals surface area (Å²) >= 11 is 0. The maximum Gasteiger partial charge on any atom is -0.00199 e. The third-order valence-corrected chi connectivity index (χ3v) is 16.8. The van der Waals surface area contributed by atoms with Gasteiger partial charge in [-0.25, -0.2) is 0 Å². The molecule has 0 heteroatoms. The van der Waals surface area contributed by atoms with Gasteiger partial charge in [-0.3, -0.25) is 0 Å². The third-order valence-electron chi connectivity index (χ3n) is 16.8. The molecule has 16 aromatic rings. The van der Waals surface area contributed by atoms with Crippen LogP contribution in [-0.2, 0) is 0 Å². The van der Waals surface area contributed by atoms with Crippen LogP contribution in [0.4, 0.5) is 0 Å². The minimum atomic E-state index is 1.22. The lowest BCUT2D eigenvalue weighted by Crippen LogP contribution is -1.95. The Morgan fingerprint density at radius 3 is 0.705 bits per heavy atom. The summed E-state index contributed by atoms with van der Waals surface area (Å²) in [6.45, 7) is 0. The average molecular weight is 985 g/mol. The average Bonchev–Trinajstić information content (AvgIpc) is 3.65. The smallest absolute Gasteiger partial charge is 0.00199 e. The largest absolute Gasteiger partial charge is 0.0616 e. The van der Waals surface area contributed by atoms with Crippen molar-refractivity contribution in [3.05, 3.63) is 291 Å². The third kappa shape index (κ3) is 6.67. The zero-order chi connectivity index (χ0) is 51.3. The van der Waals surface area contributed by atoms with E-state index in [9.17, 15) is 0 Å². The van der Waals surface area contributed by atoms with E-state index in [1.807, 2.05) is 0 Å². The normalized spacial score (nSPS) is 11.8. The molecule has 0 N–H and O–H groups in total. The van der Waals surface area contributed by atoms with Crippen molar-refractivity contribution in [2.75, 3.05) is 0 Å². The molecule has 360 valence electrons. The lowest BCUT2D eigenvalue weighted by molar-refractivity contribution is 1.63. The molecule has 0 radical (unpaired) electrons. The molecular formula is C78H48. The number of fused-ring (bicyclic) bond motifs is 11. The van der Waals surface area contributed by atoms with Crippen molar-refractivity contribution in [1.29, 1.82) is 0 Å². The standard InChI is InChI=1S/C78H48/c1-3-27-52-49(23-1)25-21-45-54(52)56-29-5-11-35-62(56)75-64-37-13-17-41-68(64)77(69-42-18-14-38-65(69)75)72-47-51-48-73(59-32-8-10-34-61(59)74(51)60-33-9-7-31-58(60)72)78-70-43-19-15-39-66(70)76(67-40-16-20-44-71(67)78)63-36-12-6-30-57(63)55-46-22-26-50-24-2-4-28-53(50)55/h1-48H. The minimum absolute atomic E-state index is 1.22. The lowest BCUT2D eigenvalue weighted by atomic mass is 9.80. The van der Waals surface area contributed by atoms with Crippen LogP contribution in [0.15, 0.2) is 291 Å². The molecule has 16 aromatic carbocycles. The molecule has 0 aromatic heterocycles. The Bertz CT molecular complexity index is 4710. The van der Waals surface area contributed by atoms with E-state index in [0.717, 1.165) is 0 Å². The number of benzene rings is 16. The van der Waals surface area contributed by atoms with Gasteiger partial charge >= 0.3 is 0 Å². The first-order valence-corrected chi connectivity index (χ1v) is 27.2. The van der Waals surface area contributed by atoms with E-state index in [-0.39, 0.29) is 0 Å². The second kappa shape index (κ2) is 17.7. The van der Waals surface area contributed by atoms with Crippen LogP contribution in [0.1, 0.15) is 0 Å². The molecule has 78 heavy (non-hydrogen) atoms. The van der Waals surface area contributed by atoms with Gasteiger partial charge in [0.05, 0.1) is 0 Å². The van der Waals surface area contributed by atoms with Gasteiger partial charge in [-0.15, -0.1) is 0 Å². The van der Waals surface area contributed by atoms with Gasteiger partial charge in [0, 0.05) is 0 Å². The van der Waals surface area contributed by atoms with Crippen LogP contribution >= 0.6 is 0 Å². The summed E-state index contributed by atoms with van der Waals surface area (Å²) in [5.41, 5.74) is 14.9. The Morgan fingerprint density at radius 1 is 0.128 bits per heavy atom. The van der Waals surface area contributed by atoms with Crippen molar-refractivity contribution < 1.29 is 0 Å². The molecule has 0 fully saturated rings. The van der Waals surface area contributed by atoms with Crippen LogP contribution in [0.2, 0.25) is 0 Å². The maximum atomic E-state index is 2.52. The van der Waals surface area contributed by atoms with Gasteiger partial charge in [0.1, 0.15) is 0 Å². The zero-order valence-corrected chi connectivity index (χ0v) is 42.7. The second-order valence-electron chi connectivity index (χ2n) is 20.9. The Morgan fingerprint density at radius 2 is 0.359 bits per heavy atom. The predicted octanol–water partition coefficient (Wildman–Crippen LogP) is 22.1. The van der Waals surface area contributed by atoms with Gasteiger partial charge in [0.15, 0.2) is 0 Å². The van der Waals surface area contributed by atoms with Gasteiger partial charge in [0.2, 0.25) is 0 Å². The topological polar surface area (TPSA) is 0 Å². The summed E-state index contributed by atoms with van der Waals surface area (Å²) in [6.07, 6.45) is 0.